The van der Waals surface area contributed by atoms with Crippen LogP contribution in [-0.4, -0.2) is 4.98 Å². The minimum absolute atomic E-state index is 0.579. The molecule has 0 spiro atoms. The Morgan fingerprint density at radius 2 is 2.27 bits per heavy atom. The number of thiazole rings is 1. The fourth-order valence-corrected chi connectivity index (χ4v) is 2.95. The van der Waals surface area contributed by atoms with Crippen molar-refractivity contribution in [3.05, 3.63) is 17.2 Å². The fraction of sp³-hybridized carbons (Fsp3) is 0.200. The van der Waals surface area contributed by atoms with Gasteiger partial charge in [0.1, 0.15) is 5.40 Å². The predicted octanol–water partition coefficient (Wildman–Crippen LogP) is 3.07. The van der Waals surface area contributed by atoms with Gasteiger partial charge in [-0.3, -0.25) is 0 Å². The molecule has 1 heterocycles. The summed E-state index contributed by atoms with van der Waals surface area (Å²) in [5, 5.41) is 11.3. The summed E-state index contributed by atoms with van der Waals surface area (Å²) >= 11 is 2.66. The third-order valence-corrected chi connectivity index (χ3v) is 3.98. The molecule has 3 nitrogen and oxygen atoms in total. The van der Waals surface area contributed by atoms with Crippen LogP contribution >= 0.6 is 23.1 Å². The fourth-order valence-electron chi connectivity index (χ4n) is 1.50. The van der Waals surface area contributed by atoms with Crippen LogP contribution in [0.5, 0.6) is 0 Å². The molecule has 0 atom stereocenters. The highest BCUT2D eigenvalue weighted by Gasteiger charge is 2.11. The van der Waals surface area contributed by atoms with Crippen LogP contribution in [0.25, 0.3) is 10.2 Å². The number of hydrogen-bond acceptors (Lipinski definition) is 5. The Labute approximate surface area is 95.9 Å². The monoisotopic (exact) mass is 235 g/mol. The number of thiocyanates is 1. The summed E-state index contributed by atoms with van der Waals surface area (Å²) in [7, 11) is 0. The van der Waals surface area contributed by atoms with Gasteiger partial charge in [-0.1, -0.05) is 11.3 Å². The lowest BCUT2D eigenvalue weighted by molar-refractivity contribution is 1.29. The summed E-state index contributed by atoms with van der Waals surface area (Å²) in [6.07, 6.45) is 0. The molecule has 0 radical (unpaired) electrons. The molecule has 0 saturated heterocycles. The molecule has 2 N–H and O–H groups in total. The minimum Gasteiger partial charge on any atom is -0.375 e. The molecule has 0 unspecified atom stereocenters. The quantitative estimate of drug-likeness (QED) is 0.609. The molecule has 1 aromatic carbocycles. The van der Waals surface area contributed by atoms with Gasteiger partial charge in [0.15, 0.2) is 5.13 Å². The normalized spacial score (nSPS) is 10.5. The topological polar surface area (TPSA) is 62.7 Å². The Bertz CT molecular complexity index is 566. The van der Waals surface area contributed by atoms with Crippen molar-refractivity contribution in [3.8, 4) is 5.40 Å². The average Bonchev–Trinajstić information content (AvgIpc) is 2.57. The van der Waals surface area contributed by atoms with Gasteiger partial charge in [-0.15, -0.1) is 0 Å². The first kappa shape index (κ1) is 10.3. The van der Waals surface area contributed by atoms with E-state index in [9.17, 15) is 0 Å². The number of aryl methyl sites for hydroxylation is 2. The minimum atomic E-state index is 0.579. The van der Waals surface area contributed by atoms with Crippen LogP contribution in [0.15, 0.2) is 11.0 Å². The van der Waals surface area contributed by atoms with E-state index in [1.165, 1.54) is 23.1 Å². The maximum absolute atomic E-state index is 8.68. The SMILES string of the molecule is Cc1c(SC#N)cc(C)c2sc(N)nc12. The summed E-state index contributed by atoms with van der Waals surface area (Å²) in [5.74, 6) is 0. The van der Waals surface area contributed by atoms with E-state index in [1.54, 1.807) is 0 Å². The predicted molar refractivity (Wildman–Crippen MR) is 65.0 cm³/mol. The Morgan fingerprint density at radius 1 is 1.53 bits per heavy atom. The largest absolute Gasteiger partial charge is 0.375 e. The van der Waals surface area contributed by atoms with Gasteiger partial charge >= 0.3 is 0 Å². The molecule has 0 aliphatic heterocycles. The number of nitrogens with zero attached hydrogens (tertiary/aromatic N) is 2. The highest BCUT2D eigenvalue weighted by molar-refractivity contribution is 8.03. The van der Waals surface area contributed by atoms with Gasteiger partial charge in [0.05, 0.1) is 10.2 Å². The molecule has 2 rings (SSSR count). The van der Waals surface area contributed by atoms with E-state index in [-0.39, 0.29) is 0 Å². The number of anilines is 1. The molecule has 5 heteroatoms. The van der Waals surface area contributed by atoms with Crippen molar-refractivity contribution in [2.45, 2.75) is 18.7 Å². The molecular formula is C10H9N3S2. The van der Waals surface area contributed by atoms with Gasteiger partial charge < -0.3 is 5.73 Å². The van der Waals surface area contributed by atoms with E-state index in [2.05, 4.69) is 10.4 Å². The molecule has 0 aliphatic rings. The first-order valence-corrected chi connectivity index (χ1v) is 5.99. The number of nitrogen functional groups attached to an aromatic ring is 1. The number of nitriles is 1. The Kier molecular flexibility index (Phi) is 2.55. The summed E-state index contributed by atoms with van der Waals surface area (Å²) in [5.41, 5.74) is 8.78. The maximum atomic E-state index is 8.68. The van der Waals surface area contributed by atoms with Crippen LogP contribution in [0.4, 0.5) is 5.13 Å². The number of thioether (sulfide) groups is 1. The molecule has 1 aromatic heterocycles. The van der Waals surface area contributed by atoms with Gasteiger partial charge in [-0.05, 0) is 42.8 Å². The highest BCUT2D eigenvalue weighted by atomic mass is 32.2. The zero-order valence-corrected chi connectivity index (χ0v) is 10.00. The molecule has 0 fully saturated rings. The van der Waals surface area contributed by atoms with Crippen molar-refractivity contribution in [1.82, 2.24) is 4.98 Å². The van der Waals surface area contributed by atoms with Crippen molar-refractivity contribution in [2.75, 3.05) is 5.73 Å². The number of fused-ring (bicyclic) bond motifs is 1. The number of aromatic nitrogens is 1. The van der Waals surface area contributed by atoms with Gasteiger partial charge in [0.25, 0.3) is 0 Å². The molecule has 15 heavy (non-hydrogen) atoms. The van der Waals surface area contributed by atoms with E-state index >= 15 is 0 Å². The smallest absolute Gasteiger partial charge is 0.181 e. The number of rotatable bonds is 1. The van der Waals surface area contributed by atoms with Gasteiger partial charge in [-0.25, -0.2) is 4.98 Å². The molecule has 0 saturated carbocycles. The van der Waals surface area contributed by atoms with Gasteiger partial charge in [0.2, 0.25) is 0 Å². The molecule has 2 aromatic rings. The standard InChI is InChI=1S/C10H9N3S2/c1-5-3-7(14-4-11)6(2)8-9(5)15-10(12)13-8/h3H,1-2H3,(H2,12,13). The lowest BCUT2D eigenvalue weighted by Crippen LogP contribution is -1.85. The number of nitrogens with two attached hydrogens (primary N) is 1. The Morgan fingerprint density at radius 3 is 2.93 bits per heavy atom. The second-order valence-corrected chi connectivity index (χ2v) is 5.10. The highest BCUT2D eigenvalue weighted by Crippen LogP contribution is 2.34. The third kappa shape index (κ3) is 1.66. The van der Waals surface area contributed by atoms with E-state index in [0.29, 0.717) is 5.13 Å². The van der Waals surface area contributed by atoms with E-state index < -0.39 is 0 Å². The lowest BCUT2D eigenvalue weighted by Gasteiger charge is -2.03. The molecule has 0 amide bonds. The molecule has 0 aliphatic carbocycles. The van der Waals surface area contributed by atoms with Crippen LogP contribution in [0.1, 0.15) is 11.1 Å². The number of hydrogen-bond donors (Lipinski definition) is 1. The molecule has 0 bridgehead atoms. The van der Waals surface area contributed by atoms with Gasteiger partial charge in [-0.2, -0.15) is 5.26 Å². The lowest BCUT2D eigenvalue weighted by atomic mass is 10.1. The van der Waals surface area contributed by atoms with Crippen LogP contribution in [0.2, 0.25) is 0 Å². The zero-order valence-electron chi connectivity index (χ0n) is 8.37. The van der Waals surface area contributed by atoms with Crippen molar-refractivity contribution in [3.63, 3.8) is 0 Å². The van der Waals surface area contributed by atoms with E-state index in [0.717, 1.165) is 26.2 Å². The maximum Gasteiger partial charge on any atom is 0.181 e. The summed E-state index contributed by atoms with van der Waals surface area (Å²) in [6.45, 7) is 3.99. The zero-order chi connectivity index (χ0) is 11.0. The van der Waals surface area contributed by atoms with Crippen molar-refractivity contribution >= 4 is 38.4 Å². The summed E-state index contributed by atoms with van der Waals surface area (Å²) in [6, 6.07) is 2.02. The van der Waals surface area contributed by atoms with Crippen LogP contribution in [0.3, 0.4) is 0 Å². The van der Waals surface area contributed by atoms with Crippen molar-refractivity contribution < 1.29 is 0 Å². The first-order valence-electron chi connectivity index (χ1n) is 4.35. The molecular weight excluding hydrogens is 226 g/mol. The van der Waals surface area contributed by atoms with E-state index in [4.69, 9.17) is 11.0 Å². The van der Waals surface area contributed by atoms with Crippen molar-refractivity contribution in [1.29, 1.82) is 5.26 Å². The van der Waals surface area contributed by atoms with E-state index in [1.807, 2.05) is 19.9 Å². The van der Waals surface area contributed by atoms with Crippen LogP contribution in [0, 0.1) is 24.5 Å². The van der Waals surface area contributed by atoms with Crippen LogP contribution < -0.4 is 5.73 Å². The first-order chi connectivity index (χ1) is 7.13. The molecule has 76 valence electrons. The van der Waals surface area contributed by atoms with Gasteiger partial charge in [0, 0.05) is 4.90 Å². The van der Waals surface area contributed by atoms with Crippen LogP contribution in [-0.2, 0) is 0 Å². The average molecular weight is 235 g/mol. The van der Waals surface area contributed by atoms with Crippen molar-refractivity contribution in [2.24, 2.45) is 0 Å². The summed E-state index contributed by atoms with van der Waals surface area (Å²) in [4.78, 5) is 5.26. The summed E-state index contributed by atoms with van der Waals surface area (Å²) < 4.78 is 1.12. The Hall–Kier alpha value is -1.25. The third-order valence-electron chi connectivity index (χ3n) is 2.23. The second-order valence-electron chi connectivity index (χ2n) is 3.24. The number of benzene rings is 1. The second kappa shape index (κ2) is 3.72. The Balaban J connectivity index is 2.78.